The van der Waals surface area contributed by atoms with Crippen molar-refractivity contribution in [1.29, 1.82) is 0 Å². The van der Waals surface area contributed by atoms with Crippen molar-refractivity contribution in [3.63, 3.8) is 0 Å². The van der Waals surface area contributed by atoms with Crippen molar-refractivity contribution < 1.29 is 19.4 Å². The highest BCUT2D eigenvalue weighted by atomic mass is 16.4. The minimum absolute atomic E-state index is 0.0547. The zero-order valence-electron chi connectivity index (χ0n) is 10.7. The molecule has 19 heavy (non-hydrogen) atoms. The normalized spacial score (nSPS) is 10.8. The number of phenols is 2. The minimum atomic E-state index is -0.608. The molecule has 0 saturated carbocycles. The van der Waals surface area contributed by atoms with Crippen molar-refractivity contribution in [3.8, 4) is 11.5 Å². The molecule has 0 aliphatic rings. The molecule has 0 amide bonds. The molecule has 0 aliphatic carbocycles. The summed E-state index contributed by atoms with van der Waals surface area (Å²) in [5.74, 6) is -1.03. The topological polar surface area (TPSA) is 87.7 Å². The van der Waals surface area contributed by atoms with Crippen LogP contribution >= 0.6 is 0 Å². The molecule has 0 spiro atoms. The Bertz CT molecular complexity index is 712. The number of hydrogen-bond acceptors (Lipinski definition) is 5. The van der Waals surface area contributed by atoms with Crippen LogP contribution in [0.25, 0.3) is 11.0 Å². The Labute approximate surface area is 109 Å². The number of carbonyl (C=O) groups is 1. The lowest BCUT2D eigenvalue weighted by Crippen LogP contribution is -2.04. The highest BCUT2D eigenvalue weighted by molar-refractivity contribution is 6.09. The summed E-state index contributed by atoms with van der Waals surface area (Å²) in [6, 6.07) is 2.39. The van der Waals surface area contributed by atoms with E-state index in [9.17, 15) is 19.8 Å². The van der Waals surface area contributed by atoms with Gasteiger partial charge in [0, 0.05) is 12.1 Å². The summed E-state index contributed by atoms with van der Waals surface area (Å²) in [6.45, 7) is 3.20. The van der Waals surface area contributed by atoms with E-state index in [4.69, 9.17) is 4.42 Å². The zero-order chi connectivity index (χ0) is 14.2. The van der Waals surface area contributed by atoms with E-state index in [-0.39, 0.29) is 16.9 Å². The number of hydrogen-bond donors (Lipinski definition) is 2. The van der Waals surface area contributed by atoms with E-state index in [2.05, 4.69) is 0 Å². The van der Waals surface area contributed by atoms with Crippen LogP contribution in [-0.4, -0.2) is 16.0 Å². The summed E-state index contributed by atoms with van der Waals surface area (Å²) in [5, 5.41) is 20.0. The fourth-order valence-electron chi connectivity index (χ4n) is 2.20. The third-order valence-corrected chi connectivity index (χ3v) is 2.93. The Morgan fingerprint density at radius 2 is 1.95 bits per heavy atom. The Hall–Kier alpha value is -2.30. The van der Waals surface area contributed by atoms with Gasteiger partial charge in [0.2, 0.25) is 0 Å². The van der Waals surface area contributed by atoms with E-state index in [1.807, 2.05) is 6.92 Å². The number of ketones is 1. The van der Waals surface area contributed by atoms with Gasteiger partial charge in [-0.05, 0) is 18.9 Å². The largest absolute Gasteiger partial charge is 0.507 e. The van der Waals surface area contributed by atoms with Gasteiger partial charge in [0.05, 0.1) is 5.39 Å². The van der Waals surface area contributed by atoms with E-state index in [1.54, 1.807) is 0 Å². The molecule has 2 aromatic rings. The molecule has 2 N–H and O–H groups in total. The maximum absolute atomic E-state index is 11.6. The van der Waals surface area contributed by atoms with Crippen molar-refractivity contribution in [2.45, 2.75) is 26.7 Å². The standard InChI is InChI=1S/C14H14O5/c1-3-4-8-5-11(18)19-14-12(7(2)15)9(16)6-10(17)13(8)14/h5-6,16-17H,3-4H2,1-2H3. The second-order valence-electron chi connectivity index (χ2n) is 4.39. The number of carbonyl (C=O) groups excluding carboxylic acids is 1. The molecule has 0 saturated heterocycles. The van der Waals surface area contributed by atoms with Gasteiger partial charge in [-0.3, -0.25) is 4.79 Å². The Balaban J connectivity index is 2.99. The smallest absolute Gasteiger partial charge is 0.336 e. The molecule has 5 nitrogen and oxygen atoms in total. The van der Waals surface area contributed by atoms with E-state index in [1.165, 1.54) is 13.0 Å². The molecule has 100 valence electrons. The van der Waals surface area contributed by atoms with Gasteiger partial charge in [0.15, 0.2) is 11.4 Å². The lowest BCUT2D eigenvalue weighted by molar-refractivity contribution is 0.101. The van der Waals surface area contributed by atoms with Gasteiger partial charge in [-0.1, -0.05) is 13.3 Å². The van der Waals surface area contributed by atoms with Crippen LogP contribution in [0.3, 0.4) is 0 Å². The highest BCUT2D eigenvalue weighted by Crippen LogP contribution is 2.36. The molecule has 5 heteroatoms. The summed E-state index contributed by atoms with van der Waals surface area (Å²) in [5.41, 5.74) is -0.138. The van der Waals surface area contributed by atoms with Crippen molar-refractivity contribution in [2.75, 3.05) is 0 Å². The first-order valence-corrected chi connectivity index (χ1v) is 5.98. The van der Waals surface area contributed by atoms with Crippen LogP contribution in [-0.2, 0) is 6.42 Å². The van der Waals surface area contributed by atoms with Crippen LogP contribution in [0.4, 0.5) is 0 Å². The summed E-state index contributed by atoms with van der Waals surface area (Å²) in [7, 11) is 0. The molecule has 2 rings (SSSR count). The van der Waals surface area contributed by atoms with Gasteiger partial charge in [0.25, 0.3) is 0 Å². The van der Waals surface area contributed by atoms with Crippen molar-refractivity contribution in [2.24, 2.45) is 0 Å². The van der Waals surface area contributed by atoms with Gasteiger partial charge in [0.1, 0.15) is 17.1 Å². The van der Waals surface area contributed by atoms with E-state index < -0.39 is 17.2 Å². The maximum atomic E-state index is 11.6. The predicted octanol–water partition coefficient (Wildman–Crippen LogP) is 2.36. The molecule has 0 aliphatic heterocycles. The molecule has 0 bridgehead atoms. The third-order valence-electron chi connectivity index (χ3n) is 2.93. The van der Waals surface area contributed by atoms with Crippen molar-refractivity contribution in [1.82, 2.24) is 0 Å². The van der Waals surface area contributed by atoms with Gasteiger partial charge in [-0.2, -0.15) is 0 Å². The van der Waals surface area contributed by atoms with Crippen molar-refractivity contribution >= 4 is 16.8 Å². The molecule has 0 fully saturated rings. The summed E-state index contributed by atoms with van der Waals surface area (Å²) < 4.78 is 5.01. The monoisotopic (exact) mass is 262 g/mol. The molecule has 0 unspecified atom stereocenters. The van der Waals surface area contributed by atoms with E-state index >= 15 is 0 Å². The fourth-order valence-corrected chi connectivity index (χ4v) is 2.20. The van der Waals surface area contributed by atoms with Crippen LogP contribution in [0.15, 0.2) is 21.3 Å². The lowest BCUT2D eigenvalue weighted by atomic mass is 10.00. The van der Waals surface area contributed by atoms with Gasteiger partial charge >= 0.3 is 5.63 Å². The van der Waals surface area contributed by atoms with Crippen LogP contribution < -0.4 is 5.63 Å². The van der Waals surface area contributed by atoms with E-state index in [0.29, 0.717) is 17.4 Å². The number of benzene rings is 1. The number of aromatic hydroxyl groups is 2. The van der Waals surface area contributed by atoms with Crippen LogP contribution in [0, 0.1) is 0 Å². The predicted molar refractivity (Wildman–Crippen MR) is 69.8 cm³/mol. The van der Waals surface area contributed by atoms with Crippen LogP contribution in [0.1, 0.15) is 36.2 Å². The third kappa shape index (κ3) is 2.19. The molecule has 1 aromatic heterocycles. The molecular weight excluding hydrogens is 248 g/mol. The second-order valence-corrected chi connectivity index (χ2v) is 4.39. The minimum Gasteiger partial charge on any atom is -0.507 e. The van der Waals surface area contributed by atoms with Gasteiger partial charge in [-0.25, -0.2) is 4.79 Å². The average molecular weight is 262 g/mol. The maximum Gasteiger partial charge on any atom is 0.336 e. The molecular formula is C14H14O5. The Morgan fingerprint density at radius 3 is 2.53 bits per heavy atom. The molecule has 0 radical (unpaired) electrons. The summed E-state index contributed by atoms with van der Waals surface area (Å²) in [6.07, 6.45) is 1.34. The van der Waals surface area contributed by atoms with E-state index in [0.717, 1.165) is 12.5 Å². The quantitative estimate of drug-likeness (QED) is 0.654. The fraction of sp³-hybridized carbons (Fsp3) is 0.286. The number of aryl methyl sites for hydroxylation is 1. The van der Waals surface area contributed by atoms with Crippen LogP contribution in [0.2, 0.25) is 0 Å². The summed E-state index contributed by atoms with van der Waals surface area (Å²) >= 11 is 0. The molecule has 1 heterocycles. The second kappa shape index (κ2) is 4.76. The molecule has 0 atom stereocenters. The number of phenolic OH excluding ortho intramolecular Hbond substituents is 2. The Morgan fingerprint density at radius 1 is 1.26 bits per heavy atom. The number of fused-ring (bicyclic) bond motifs is 1. The average Bonchev–Trinajstić information content (AvgIpc) is 2.27. The van der Waals surface area contributed by atoms with Crippen LogP contribution in [0.5, 0.6) is 11.5 Å². The zero-order valence-corrected chi connectivity index (χ0v) is 10.7. The van der Waals surface area contributed by atoms with Gasteiger partial charge in [-0.15, -0.1) is 0 Å². The summed E-state index contributed by atoms with van der Waals surface area (Å²) in [4.78, 5) is 23.1. The number of rotatable bonds is 3. The highest BCUT2D eigenvalue weighted by Gasteiger charge is 2.20. The first-order chi connectivity index (χ1) is 8.95. The SMILES string of the molecule is CCCc1cc(=O)oc2c(C(C)=O)c(O)cc(O)c12. The van der Waals surface area contributed by atoms with Gasteiger partial charge < -0.3 is 14.6 Å². The first-order valence-electron chi connectivity index (χ1n) is 5.98. The first kappa shape index (κ1) is 13.1. The molecule has 1 aromatic carbocycles. The van der Waals surface area contributed by atoms with Crippen molar-refractivity contribution in [3.05, 3.63) is 33.7 Å². The lowest BCUT2D eigenvalue weighted by Gasteiger charge is -2.10. The Kier molecular flexibility index (Phi) is 3.29. The number of Topliss-reactive ketones (excluding diaryl/α,β-unsaturated/α-hetero) is 1.